The molecule has 0 amide bonds. The Morgan fingerprint density at radius 1 is 1.57 bits per heavy atom. The first-order valence-electron chi connectivity index (χ1n) is 2.01. The first kappa shape index (κ1) is 5.62. The van der Waals surface area contributed by atoms with E-state index in [-0.39, 0.29) is 0 Å². The maximum Gasteiger partial charge on any atom is 0.0830 e. The van der Waals surface area contributed by atoms with Crippen molar-refractivity contribution >= 4 is 45.7 Å². The molecule has 38 valence electrons. The minimum atomic E-state index is 0.971. The lowest BCUT2D eigenvalue weighted by molar-refractivity contribution is 1.32. The second-order valence-corrected chi connectivity index (χ2v) is 2.60. The molecule has 3 heteroatoms. The van der Waals surface area contributed by atoms with Gasteiger partial charge < -0.3 is 0 Å². The molecule has 0 aromatic heterocycles. The van der Waals surface area contributed by atoms with Crippen LogP contribution in [0.15, 0.2) is 3.21 Å². The maximum absolute atomic E-state index is 4.84. The van der Waals surface area contributed by atoms with Crippen molar-refractivity contribution < 1.29 is 0 Å². The zero-order valence-corrected chi connectivity index (χ0v) is 6.62. The lowest BCUT2D eigenvalue weighted by Crippen LogP contribution is -2.20. The summed E-state index contributed by atoms with van der Waals surface area (Å²) in [7, 11) is 0. The van der Waals surface area contributed by atoms with Gasteiger partial charge in [0.15, 0.2) is 0 Å². The summed E-state index contributed by atoms with van der Waals surface area (Å²) in [6.07, 6.45) is 1.94. The van der Waals surface area contributed by atoms with Gasteiger partial charge >= 0.3 is 0 Å². The largest absolute Gasteiger partial charge is 0.223 e. The van der Waals surface area contributed by atoms with E-state index in [1.807, 2.05) is 22.9 Å². The van der Waals surface area contributed by atoms with Crippen LogP contribution < -0.4 is 0 Å². The summed E-state index contributed by atoms with van der Waals surface area (Å²) in [5.74, 6) is 0. The summed E-state index contributed by atoms with van der Waals surface area (Å²) in [4.78, 5) is 1.15. The van der Waals surface area contributed by atoms with E-state index in [1.165, 1.54) is 5.71 Å². The van der Waals surface area contributed by atoms with Gasteiger partial charge in [0.1, 0.15) is 0 Å². The van der Waals surface area contributed by atoms with E-state index in [1.54, 1.807) is 0 Å². The molecular formula is C4H4INS. The fraction of sp³-hybridized carbons (Fsp3) is 0.500. The van der Waals surface area contributed by atoms with Gasteiger partial charge in [-0.2, -0.15) is 0 Å². The molecule has 0 spiro atoms. The van der Waals surface area contributed by atoms with E-state index >= 15 is 0 Å². The van der Waals surface area contributed by atoms with E-state index in [4.69, 9.17) is 12.2 Å². The van der Waals surface area contributed by atoms with Crippen LogP contribution in [0.1, 0.15) is 12.8 Å². The van der Waals surface area contributed by atoms with Crippen molar-refractivity contribution in [2.75, 3.05) is 0 Å². The minimum Gasteiger partial charge on any atom is -0.223 e. The van der Waals surface area contributed by atoms with Gasteiger partial charge in [-0.1, -0.05) is 12.2 Å². The van der Waals surface area contributed by atoms with Crippen molar-refractivity contribution in [2.24, 2.45) is 3.21 Å². The van der Waals surface area contributed by atoms with E-state index in [0.717, 1.165) is 17.7 Å². The van der Waals surface area contributed by atoms with Crippen LogP contribution in [0.5, 0.6) is 0 Å². The highest BCUT2D eigenvalue weighted by Crippen LogP contribution is 2.13. The summed E-state index contributed by atoms with van der Waals surface area (Å²) < 4.78 is 3.94. The molecule has 0 aliphatic heterocycles. The van der Waals surface area contributed by atoms with Crippen molar-refractivity contribution in [3.63, 3.8) is 0 Å². The SMILES string of the molecule is S=C1CC(=NI)C1. The molecule has 1 rings (SSSR count). The molecular weight excluding hydrogens is 221 g/mol. The fourth-order valence-electron chi connectivity index (χ4n) is 0.463. The number of hydrogen-bond acceptors (Lipinski definition) is 2. The molecule has 1 fully saturated rings. The third-order valence-electron chi connectivity index (χ3n) is 0.922. The predicted octanol–water partition coefficient (Wildman–Crippen LogP) is 1.94. The number of thiocarbonyl (C=S) groups is 1. The zero-order valence-electron chi connectivity index (χ0n) is 3.65. The summed E-state index contributed by atoms with van der Waals surface area (Å²) in [5.41, 5.74) is 1.24. The van der Waals surface area contributed by atoms with Crippen molar-refractivity contribution in [1.82, 2.24) is 0 Å². The topological polar surface area (TPSA) is 12.4 Å². The van der Waals surface area contributed by atoms with Gasteiger partial charge in [0, 0.05) is 23.4 Å². The van der Waals surface area contributed by atoms with Gasteiger partial charge in [-0.05, 0) is 0 Å². The van der Waals surface area contributed by atoms with E-state index in [2.05, 4.69) is 3.21 Å². The Morgan fingerprint density at radius 2 is 2.14 bits per heavy atom. The molecule has 0 radical (unpaired) electrons. The summed E-state index contributed by atoms with van der Waals surface area (Å²) in [6, 6.07) is 0. The van der Waals surface area contributed by atoms with Crippen LogP contribution in [0, 0.1) is 0 Å². The molecule has 1 nitrogen and oxygen atoms in total. The smallest absolute Gasteiger partial charge is 0.0830 e. The molecule has 0 unspecified atom stereocenters. The van der Waals surface area contributed by atoms with Gasteiger partial charge in [-0.3, -0.25) is 0 Å². The molecule has 0 aromatic carbocycles. The highest BCUT2D eigenvalue weighted by Gasteiger charge is 2.15. The van der Waals surface area contributed by atoms with Crippen molar-refractivity contribution in [3.8, 4) is 0 Å². The Bertz CT molecular complexity index is 120. The molecule has 7 heavy (non-hydrogen) atoms. The van der Waals surface area contributed by atoms with Crippen molar-refractivity contribution in [3.05, 3.63) is 0 Å². The van der Waals surface area contributed by atoms with Crippen LogP contribution in [0.25, 0.3) is 0 Å². The van der Waals surface area contributed by atoms with Gasteiger partial charge in [-0.25, -0.2) is 3.21 Å². The molecule has 1 aliphatic rings. The molecule has 0 atom stereocenters. The molecule has 0 heterocycles. The van der Waals surface area contributed by atoms with E-state index in [0.29, 0.717) is 0 Å². The second-order valence-electron chi connectivity index (χ2n) is 1.54. The highest BCUT2D eigenvalue weighted by atomic mass is 127. The Balaban J connectivity index is 2.44. The lowest BCUT2D eigenvalue weighted by atomic mass is 9.97. The lowest BCUT2D eigenvalue weighted by Gasteiger charge is -2.13. The third-order valence-corrected chi connectivity index (χ3v) is 1.89. The van der Waals surface area contributed by atoms with Gasteiger partial charge in [0.05, 0.1) is 22.9 Å². The predicted molar refractivity (Wildman–Crippen MR) is 43.3 cm³/mol. The van der Waals surface area contributed by atoms with Crippen LogP contribution in [0.3, 0.4) is 0 Å². The molecule has 0 N–H and O–H groups in total. The van der Waals surface area contributed by atoms with Gasteiger partial charge in [0.2, 0.25) is 0 Å². The second kappa shape index (κ2) is 2.17. The molecule has 0 saturated heterocycles. The van der Waals surface area contributed by atoms with E-state index < -0.39 is 0 Å². The van der Waals surface area contributed by atoms with E-state index in [9.17, 15) is 0 Å². The standard InChI is InChI=1S/C4H4INS/c5-6-3-1-4(7)2-3/h1-2H2. The number of halogens is 1. The Kier molecular flexibility index (Phi) is 1.74. The monoisotopic (exact) mass is 225 g/mol. The van der Waals surface area contributed by atoms with Crippen LogP contribution in [-0.4, -0.2) is 10.6 Å². The third kappa shape index (κ3) is 1.19. The Hall–Kier alpha value is 0.490. The molecule has 1 saturated carbocycles. The summed E-state index contributed by atoms with van der Waals surface area (Å²) >= 11 is 6.85. The van der Waals surface area contributed by atoms with Gasteiger partial charge in [-0.15, -0.1) is 0 Å². The first-order chi connectivity index (χ1) is 3.33. The Morgan fingerprint density at radius 3 is 2.29 bits per heavy atom. The average molecular weight is 225 g/mol. The molecule has 1 aliphatic carbocycles. The molecule has 0 bridgehead atoms. The van der Waals surface area contributed by atoms with Crippen LogP contribution in [0.4, 0.5) is 0 Å². The van der Waals surface area contributed by atoms with Gasteiger partial charge in [0.25, 0.3) is 0 Å². The normalized spacial score (nSPS) is 19.0. The quantitative estimate of drug-likeness (QED) is 0.453. The maximum atomic E-state index is 4.84. The van der Waals surface area contributed by atoms with Crippen LogP contribution in [-0.2, 0) is 0 Å². The summed E-state index contributed by atoms with van der Waals surface area (Å²) in [5, 5.41) is 0. The number of hydrogen-bond donors (Lipinski definition) is 0. The highest BCUT2D eigenvalue weighted by molar-refractivity contribution is 14.1. The zero-order chi connectivity index (χ0) is 5.28. The van der Waals surface area contributed by atoms with Crippen molar-refractivity contribution in [1.29, 1.82) is 0 Å². The Labute approximate surface area is 61.7 Å². The average Bonchev–Trinajstić information content (AvgIpc) is 1.58. The van der Waals surface area contributed by atoms with Crippen LogP contribution >= 0.6 is 35.1 Å². The minimum absolute atomic E-state index is 0.971. The van der Waals surface area contributed by atoms with Crippen molar-refractivity contribution in [2.45, 2.75) is 12.8 Å². The number of nitrogens with zero attached hydrogens (tertiary/aromatic N) is 1. The first-order valence-corrected chi connectivity index (χ1v) is 3.38. The molecule has 0 aromatic rings. The van der Waals surface area contributed by atoms with Crippen LogP contribution in [0.2, 0.25) is 0 Å². The number of rotatable bonds is 0. The summed E-state index contributed by atoms with van der Waals surface area (Å²) in [6.45, 7) is 0. The fourth-order valence-corrected chi connectivity index (χ4v) is 1.14.